The quantitative estimate of drug-likeness (QED) is 0.749. The van der Waals surface area contributed by atoms with E-state index in [1.54, 1.807) is 16.0 Å². The van der Waals surface area contributed by atoms with E-state index in [0.717, 1.165) is 16.9 Å². The third-order valence-electron chi connectivity index (χ3n) is 4.68. The van der Waals surface area contributed by atoms with E-state index in [0.29, 0.717) is 26.2 Å². The molecule has 1 atom stereocenters. The van der Waals surface area contributed by atoms with Gasteiger partial charge in [0.05, 0.1) is 19.7 Å². The largest absolute Gasteiger partial charge is 0.442 e. The zero-order chi connectivity index (χ0) is 19.3. The number of carbonyl (C=O) groups excluding carboxylic acids is 2. The number of anilines is 2. The summed E-state index contributed by atoms with van der Waals surface area (Å²) in [4.78, 5) is 31.8. The molecule has 0 radical (unpaired) electrons. The summed E-state index contributed by atoms with van der Waals surface area (Å²) in [5, 5.41) is 0. The molecule has 2 aromatic rings. The summed E-state index contributed by atoms with van der Waals surface area (Å²) in [6.45, 7) is 2.02. The standard InChI is InChI=1S/C21H21N3O4/c25-20-15-27-11-10-23(20)17-6-8-18(9-7-17)24-14-19(28-21(24)26)13-22-12-16-4-2-1-3-5-16/h1-9,12,19H,10-11,13-15H2/t19-/m0/s1. The maximum absolute atomic E-state index is 12.2. The average Bonchev–Trinajstić information content (AvgIpc) is 3.10. The molecular formula is C21H21N3O4. The molecule has 2 aliphatic rings. The molecule has 0 bridgehead atoms. The summed E-state index contributed by atoms with van der Waals surface area (Å²) >= 11 is 0. The summed E-state index contributed by atoms with van der Waals surface area (Å²) in [5.74, 6) is -0.0593. The Balaban J connectivity index is 1.37. The highest BCUT2D eigenvalue weighted by molar-refractivity contribution is 5.95. The molecule has 0 saturated carbocycles. The second-order valence-electron chi connectivity index (χ2n) is 6.64. The predicted octanol–water partition coefficient (Wildman–Crippen LogP) is 2.49. The number of morpholine rings is 1. The number of hydrogen-bond donors (Lipinski definition) is 0. The molecule has 7 nitrogen and oxygen atoms in total. The van der Waals surface area contributed by atoms with Crippen LogP contribution in [0.15, 0.2) is 59.6 Å². The van der Waals surface area contributed by atoms with Gasteiger partial charge in [-0.2, -0.15) is 0 Å². The fraction of sp³-hybridized carbons (Fsp3) is 0.286. The van der Waals surface area contributed by atoms with Gasteiger partial charge in [-0.05, 0) is 29.8 Å². The molecule has 2 heterocycles. The molecule has 0 unspecified atom stereocenters. The van der Waals surface area contributed by atoms with Gasteiger partial charge in [-0.15, -0.1) is 0 Å². The minimum atomic E-state index is -0.380. The molecule has 7 heteroatoms. The zero-order valence-electron chi connectivity index (χ0n) is 15.4. The number of aliphatic imine (C=N–C) groups is 1. The number of ether oxygens (including phenoxy) is 2. The van der Waals surface area contributed by atoms with E-state index in [9.17, 15) is 9.59 Å². The first-order valence-corrected chi connectivity index (χ1v) is 9.22. The molecule has 0 aliphatic carbocycles. The van der Waals surface area contributed by atoms with Crippen molar-refractivity contribution >= 4 is 29.6 Å². The van der Waals surface area contributed by atoms with Crippen LogP contribution in [0.25, 0.3) is 0 Å². The molecule has 2 aliphatic heterocycles. The van der Waals surface area contributed by atoms with Gasteiger partial charge in [0.15, 0.2) is 0 Å². The summed E-state index contributed by atoms with van der Waals surface area (Å²) in [6.07, 6.45) is 1.12. The lowest BCUT2D eigenvalue weighted by Gasteiger charge is -2.27. The Hall–Kier alpha value is -3.19. The van der Waals surface area contributed by atoms with Crippen LogP contribution in [0.3, 0.4) is 0 Å². The predicted molar refractivity (Wildman–Crippen MR) is 106 cm³/mol. The average molecular weight is 379 g/mol. The second kappa shape index (κ2) is 8.22. The van der Waals surface area contributed by atoms with Crippen LogP contribution in [-0.2, 0) is 14.3 Å². The molecule has 2 aromatic carbocycles. The van der Waals surface area contributed by atoms with E-state index >= 15 is 0 Å². The van der Waals surface area contributed by atoms with Crippen molar-refractivity contribution < 1.29 is 19.1 Å². The van der Waals surface area contributed by atoms with Crippen molar-refractivity contribution in [1.82, 2.24) is 0 Å². The van der Waals surface area contributed by atoms with Crippen molar-refractivity contribution in [3.63, 3.8) is 0 Å². The van der Waals surface area contributed by atoms with Crippen molar-refractivity contribution in [1.29, 1.82) is 0 Å². The van der Waals surface area contributed by atoms with Crippen molar-refractivity contribution in [2.24, 2.45) is 4.99 Å². The van der Waals surface area contributed by atoms with Crippen LogP contribution in [0.2, 0.25) is 0 Å². The third kappa shape index (κ3) is 4.04. The number of nitrogens with zero attached hydrogens (tertiary/aromatic N) is 3. The molecule has 144 valence electrons. The first-order valence-electron chi connectivity index (χ1n) is 9.22. The molecule has 2 saturated heterocycles. The van der Waals surface area contributed by atoms with Crippen LogP contribution in [0.4, 0.5) is 16.2 Å². The maximum atomic E-state index is 12.2. The lowest BCUT2D eigenvalue weighted by Crippen LogP contribution is -2.41. The molecule has 4 rings (SSSR count). The Kier molecular flexibility index (Phi) is 5.34. The fourth-order valence-corrected chi connectivity index (χ4v) is 3.25. The monoisotopic (exact) mass is 379 g/mol. The van der Waals surface area contributed by atoms with Gasteiger partial charge in [-0.1, -0.05) is 30.3 Å². The van der Waals surface area contributed by atoms with E-state index in [2.05, 4.69) is 4.99 Å². The van der Waals surface area contributed by atoms with Gasteiger partial charge in [0, 0.05) is 24.1 Å². The Morgan fingerprint density at radius 2 is 1.71 bits per heavy atom. The van der Waals surface area contributed by atoms with Crippen molar-refractivity contribution in [2.45, 2.75) is 6.10 Å². The highest BCUT2D eigenvalue weighted by Gasteiger charge is 2.32. The number of benzene rings is 2. The second-order valence-corrected chi connectivity index (χ2v) is 6.64. The highest BCUT2D eigenvalue weighted by atomic mass is 16.6. The van der Waals surface area contributed by atoms with Gasteiger partial charge in [0.1, 0.15) is 12.7 Å². The van der Waals surface area contributed by atoms with Crippen LogP contribution in [-0.4, -0.2) is 57.2 Å². The fourth-order valence-electron chi connectivity index (χ4n) is 3.25. The summed E-state index contributed by atoms with van der Waals surface area (Å²) in [6, 6.07) is 17.1. The summed E-state index contributed by atoms with van der Waals surface area (Å²) in [5.41, 5.74) is 2.55. The third-order valence-corrected chi connectivity index (χ3v) is 4.68. The van der Waals surface area contributed by atoms with Crippen molar-refractivity contribution in [3.8, 4) is 0 Å². The van der Waals surface area contributed by atoms with Crippen LogP contribution in [0.5, 0.6) is 0 Å². The molecular weight excluding hydrogens is 358 g/mol. The molecule has 28 heavy (non-hydrogen) atoms. The number of rotatable bonds is 5. The molecule has 0 N–H and O–H groups in total. The first kappa shape index (κ1) is 18.2. The lowest BCUT2D eigenvalue weighted by atomic mass is 10.2. The molecule has 2 fully saturated rings. The molecule has 2 amide bonds. The maximum Gasteiger partial charge on any atom is 0.414 e. The molecule has 0 aromatic heterocycles. The minimum Gasteiger partial charge on any atom is -0.442 e. The smallest absolute Gasteiger partial charge is 0.414 e. The lowest BCUT2D eigenvalue weighted by molar-refractivity contribution is -0.125. The van der Waals surface area contributed by atoms with Crippen LogP contribution >= 0.6 is 0 Å². The van der Waals surface area contributed by atoms with Crippen LogP contribution in [0.1, 0.15) is 5.56 Å². The highest BCUT2D eigenvalue weighted by Crippen LogP contribution is 2.25. The van der Waals surface area contributed by atoms with E-state index in [1.807, 2.05) is 54.6 Å². The summed E-state index contributed by atoms with van der Waals surface area (Å²) in [7, 11) is 0. The van der Waals surface area contributed by atoms with E-state index in [1.165, 1.54) is 0 Å². The van der Waals surface area contributed by atoms with E-state index in [4.69, 9.17) is 9.47 Å². The van der Waals surface area contributed by atoms with Gasteiger partial charge in [0.25, 0.3) is 5.91 Å². The molecule has 0 spiro atoms. The summed E-state index contributed by atoms with van der Waals surface area (Å²) < 4.78 is 10.6. The van der Waals surface area contributed by atoms with Crippen LogP contribution < -0.4 is 9.80 Å². The number of amides is 2. The van der Waals surface area contributed by atoms with Gasteiger partial charge in [-0.25, -0.2) is 4.79 Å². The van der Waals surface area contributed by atoms with Gasteiger partial charge < -0.3 is 14.4 Å². The minimum absolute atomic E-state index is 0.0593. The van der Waals surface area contributed by atoms with E-state index < -0.39 is 0 Å². The topological polar surface area (TPSA) is 71.4 Å². The first-order chi connectivity index (χ1) is 13.7. The SMILES string of the molecule is O=C1COCCN1c1ccc(N2C[C@H](CN=Cc3ccccc3)OC2=O)cc1. The van der Waals surface area contributed by atoms with Crippen molar-refractivity contribution in [3.05, 3.63) is 60.2 Å². The van der Waals surface area contributed by atoms with Gasteiger partial charge in [-0.3, -0.25) is 14.7 Å². The Morgan fingerprint density at radius 3 is 2.43 bits per heavy atom. The van der Waals surface area contributed by atoms with Crippen LogP contribution in [0, 0.1) is 0 Å². The zero-order valence-corrected chi connectivity index (χ0v) is 15.4. The number of carbonyl (C=O) groups is 2. The van der Waals surface area contributed by atoms with Gasteiger partial charge in [0.2, 0.25) is 0 Å². The van der Waals surface area contributed by atoms with E-state index in [-0.39, 0.29) is 24.7 Å². The Bertz CT molecular complexity index is 867. The number of cyclic esters (lactones) is 1. The number of hydrogen-bond acceptors (Lipinski definition) is 5. The normalized spacial score (nSPS) is 20.1. The van der Waals surface area contributed by atoms with Crippen molar-refractivity contribution in [2.75, 3.05) is 42.6 Å². The van der Waals surface area contributed by atoms with Gasteiger partial charge >= 0.3 is 6.09 Å². The Morgan fingerprint density at radius 1 is 1.00 bits per heavy atom. The Labute approximate surface area is 163 Å².